The molecule has 2 nitrogen and oxygen atoms in total. The van der Waals surface area contributed by atoms with E-state index in [4.69, 9.17) is 17.3 Å². The summed E-state index contributed by atoms with van der Waals surface area (Å²) < 4.78 is 0.907. The van der Waals surface area contributed by atoms with Crippen molar-refractivity contribution in [3.05, 3.63) is 68.7 Å². The highest BCUT2D eigenvalue weighted by Crippen LogP contribution is 2.28. The van der Waals surface area contributed by atoms with Gasteiger partial charge >= 0.3 is 0 Å². The molecular formula is C17H20BrClN2. The summed E-state index contributed by atoms with van der Waals surface area (Å²) in [5.74, 6) is 0. The Kier molecular flexibility index (Phi) is 5.82. The molecule has 4 heteroatoms. The van der Waals surface area contributed by atoms with Crippen molar-refractivity contribution in [2.45, 2.75) is 19.5 Å². The molecule has 0 amide bonds. The molecule has 0 radical (unpaired) electrons. The van der Waals surface area contributed by atoms with E-state index in [0.717, 1.165) is 21.6 Å². The molecule has 0 fully saturated rings. The molecular weight excluding hydrogens is 348 g/mol. The summed E-state index contributed by atoms with van der Waals surface area (Å²) in [6.07, 6.45) is 0. The van der Waals surface area contributed by atoms with Crippen LogP contribution in [-0.2, 0) is 6.54 Å². The van der Waals surface area contributed by atoms with Crippen LogP contribution in [0.4, 0.5) is 0 Å². The second-order valence-electron chi connectivity index (χ2n) is 5.33. The van der Waals surface area contributed by atoms with Crippen LogP contribution in [0.15, 0.2) is 46.9 Å². The quantitative estimate of drug-likeness (QED) is 0.840. The average Bonchev–Trinajstić information content (AvgIpc) is 2.43. The number of benzene rings is 2. The molecule has 0 aliphatic rings. The predicted molar refractivity (Wildman–Crippen MR) is 93.6 cm³/mol. The van der Waals surface area contributed by atoms with Crippen LogP contribution in [0, 0.1) is 6.92 Å². The van der Waals surface area contributed by atoms with Gasteiger partial charge in [0, 0.05) is 23.6 Å². The van der Waals surface area contributed by atoms with Crippen LogP contribution in [0.1, 0.15) is 22.7 Å². The number of hydrogen-bond donors (Lipinski definition) is 1. The number of nitrogens with zero attached hydrogens (tertiary/aromatic N) is 1. The van der Waals surface area contributed by atoms with Crippen molar-refractivity contribution < 1.29 is 0 Å². The monoisotopic (exact) mass is 366 g/mol. The van der Waals surface area contributed by atoms with Crippen molar-refractivity contribution in [1.82, 2.24) is 4.90 Å². The van der Waals surface area contributed by atoms with Gasteiger partial charge in [-0.1, -0.05) is 47.5 Å². The van der Waals surface area contributed by atoms with Crippen LogP contribution in [0.2, 0.25) is 5.02 Å². The van der Waals surface area contributed by atoms with Gasteiger partial charge in [-0.3, -0.25) is 4.90 Å². The lowest BCUT2D eigenvalue weighted by molar-refractivity contribution is 0.242. The van der Waals surface area contributed by atoms with Gasteiger partial charge in [0.1, 0.15) is 0 Å². The van der Waals surface area contributed by atoms with E-state index in [2.05, 4.69) is 65.1 Å². The van der Waals surface area contributed by atoms with E-state index in [1.807, 2.05) is 12.1 Å². The topological polar surface area (TPSA) is 29.3 Å². The summed E-state index contributed by atoms with van der Waals surface area (Å²) in [5, 5.41) is 0.718. The zero-order valence-corrected chi connectivity index (χ0v) is 14.7. The highest BCUT2D eigenvalue weighted by molar-refractivity contribution is 9.10. The lowest BCUT2D eigenvalue weighted by Crippen LogP contribution is -2.30. The Hall–Kier alpha value is -0.870. The van der Waals surface area contributed by atoms with Gasteiger partial charge in [-0.2, -0.15) is 0 Å². The molecule has 2 aromatic rings. The smallest absolute Gasteiger partial charge is 0.0551 e. The van der Waals surface area contributed by atoms with Crippen molar-refractivity contribution in [2.24, 2.45) is 5.73 Å². The zero-order valence-electron chi connectivity index (χ0n) is 12.3. The number of hydrogen-bond acceptors (Lipinski definition) is 2. The minimum atomic E-state index is 0.149. The first-order valence-corrected chi connectivity index (χ1v) is 8.09. The zero-order chi connectivity index (χ0) is 15.4. The van der Waals surface area contributed by atoms with Gasteiger partial charge in [-0.15, -0.1) is 0 Å². The minimum Gasteiger partial charge on any atom is -0.329 e. The SMILES string of the molecule is Cc1cccc(CN(C)C(CN)c2ccc(Br)c(Cl)c2)c1. The third-order valence-electron chi connectivity index (χ3n) is 3.60. The molecule has 21 heavy (non-hydrogen) atoms. The van der Waals surface area contributed by atoms with Crippen LogP contribution in [-0.4, -0.2) is 18.5 Å². The van der Waals surface area contributed by atoms with Gasteiger partial charge in [0.2, 0.25) is 0 Å². The maximum atomic E-state index is 6.19. The highest BCUT2D eigenvalue weighted by atomic mass is 79.9. The van der Waals surface area contributed by atoms with Gasteiger partial charge < -0.3 is 5.73 Å². The Bertz CT molecular complexity index is 615. The van der Waals surface area contributed by atoms with E-state index in [-0.39, 0.29) is 6.04 Å². The number of likely N-dealkylation sites (N-methyl/N-ethyl adjacent to an activating group) is 1. The lowest BCUT2D eigenvalue weighted by atomic mass is 10.0. The van der Waals surface area contributed by atoms with Crippen molar-refractivity contribution >= 4 is 27.5 Å². The van der Waals surface area contributed by atoms with Crippen molar-refractivity contribution in [1.29, 1.82) is 0 Å². The molecule has 2 N–H and O–H groups in total. The highest BCUT2D eigenvalue weighted by Gasteiger charge is 2.16. The van der Waals surface area contributed by atoms with Crippen LogP contribution in [0.5, 0.6) is 0 Å². The Labute approximate surface area is 140 Å². The fourth-order valence-electron chi connectivity index (χ4n) is 2.50. The summed E-state index contributed by atoms with van der Waals surface area (Å²) in [6, 6.07) is 14.7. The fraction of sp³-hybridized carbons (Fsp3) is 0.294. The number of rotatable bonds is 5. The normalized spacial score (nSPS) is 12.7. The van der Waals surface area contributed by atoms with E-state index < -0.39 is 0 Å². The fourth-order valence-corrected chi connectivity index (χ4v) is 2.93. The molecule has 0 spiro atoms. The molecule has 2 aromatic carbocycles. The molecule has 0 bridgehead atoms. The number of aryl methyl sites for hydroxylation is 1. The summed E-state index contributed by atoms with van der Waals surface area (Å²) in [6.45, 7) is 3.52. The van der Waals surface area contributed by atoms with Gasteiger partial charge in [0.05, 0.1) is 5.02 Å². The molecule has 1 unspecified atom stereocenters. The molecule has 0 aromatic heterocycles. The summed E-state index contributed by atoms with van der Waals surface area (Å²) in [5.41, 5.74) is 9.69. The first-order valence-electron chi connectivity index (χ1n) is 6.92. The molecule has 112 valence electrons. The van der Waals surface area contributed by atoms with Gasteiger partial charge in [0.25, 0.3) is 0 Å². The van der Waals surface area contributed by atoms with E-state index in [1.165, 1.54) is 11.1 Å². The molecule has 0 aliphatic heterocycles. The summed E-state index contributed by atoms with van der Waals surface area (Å²) in [4.78, 5) is 2.26. The van der Waals surface area contributed by atoms with Crippen molar-refractivity contribution in [2.75, 3.05) is 13.6 Å². The Morgan fingerprint density at radius 1 is 1.24 bits per heavy atom. The third-order valence-corrected chi connectivity index (χ3v) is 4.83. The summed E-state index contributed by atoms with van der Waals surface area (Å²) in [7, 11) is 2.09. The molecule has 0 heterocycles. The van der Waals surface area contributed by atoms with Gasteiger partial charge in [0.15, 0.2) is 0 Å². The molecule has 0 saturated carbocycles. The van der Waals surface area contributed by atoms with E-state index in [9.17, 15) is 0 Å². The molecule has 1 atom stereocenters. The lowest BCUT2D eigenvalue weighted by Gasteiger charge is -2.28. The maximum Gasteiger partial charge on any atom is 0.0551 e. The number of nitrogens with two attached hydrogens (primary N) is 1. The minimum absolute atomic E-state index is 0.149. The predicted octanol–water partition coefficient (Wildman–Crippen LogP) is 4.54. The first kappa shape index (κ1) is 16.5. The van der Waals surface area contributed by atoms with Crippen LogP contribution in [0.25, 0.3) is 0 Å². The Balaban J connectivity index is 2.18. The van der Waals surface area contributed by atoms with Crippen LogP contribution >= 0.6 is 27.5 Å². The second-order valence-corrected chi connectivity index (χ2v) is 6.59. The van der Waals surface area contributed by atoms with Crippen LogP contribution < -0.4 is 5.73 Å². The van der Waals surface area contributed by atoms with Crippen molar-refractivity contribution in [3.8, 4) is 0 Å². The molecule has 0 saturated heterocycles. The first-order chi connectivity index (χ1) is 10.0. The van der Waals surface area contributed by atoms with Crippen LogP contribution in [0.3, 0.4) is 0 Å². The molecule has 0 aliphatic carbocycles. The summed E-state index contributed by atoms with van der Waals surface area (Å²) >= 11 is 9.62. The standard InChI is InChI=1S/C17H20BrClN2/c1-12-4-3-5-13(8-12)11-21(2)17(10-20)14-6-7-15(18)16(19)9-14/h3-9,17H,10-11,20H2,1-2H3. The maximum absolute atomic E-state index is 6.19. The van der Waals surface area contributed by atoms with Gasteiger partial charge in [-0.05, 0) is 53.2 Å². The largest absolute Gasteiger partial charge is 0.329 e. The molecule has 2 rings (SSSR count). The Morgan fingerprint density at radius 3 is 2.62 bits per heavy atom. The van der Waals surface area contributed by atoms with E-state index in [1.54, 1.807) is 0 Å². The van der Waals surface area contributed by atoms with E-state index >= 15 is 0 Å². The average molecular weight is 368 g/mol. The van der Waals surface area contributed by atoms with E-state index in [0.29, 0.717) is 6.54 Å². The third kappa shape index (κ3) is 4.30. The van der Waals surface area contributed by atoms with Crippen molar-refractivity contribution in [3.63, 3.8) is 0 Å². The Morgan fingerprint density at radius 2 is 2.00 bits per heavy atom. The number of halogens is 2. The van der Waals surface area contributed by atoms with Gasteiger partial charge in [-0.25, -0.2) is 0 Å². The second kappa shape index (κ2) is 7.41.